The first-order valence-corrected chi connectivity index (χ1v) is 37.2. The number of hydrogen-bond donors (Lipinski definition) is 7. The lowest BCUT2D eigenvalue weighted by Crippen LogP contribution is -2.29. The number of carbonyl (C=O) groups is 2. The van der Waals surface area contributed by atoms with Crippen LogP contribution in [0.1, 0.15) is 104 Å². The summed E-state index contributed by atoms with van der Waals surface area (Å²) in [6.45, 7) is 11.3. The quantitative estimate of drug-likeness (QED) is 0.0502. The van der Waals surface area contributed by atoms with E-state index in [0.29, 0.717) is 38.5 Å². The molecule has 0 saturated heterocycles. The van der Waals surface area contributed by atoms with Gasteiger partial charge in [-0.2, -0.15) is 13.2 Å². The van der Waals surface area contributed by atoms with Crippen molar-refractivity contribution in [1.82, 2.24) is 0 Å². The fourth-order valence-corrected chi connectivity index (χ4v) is 16.1. The molecule has 2 aliphatic carbocycles. The molecule has 0 saturated carbocycles. The number of hydrogen-bond acceptors (Lipinski definition) is 9. The van der Waals surface area contributed by atoms with Gasteiger partial charge in [-0.15, -0.1) is 0 Å². The Balaban J connectivity index is 0.000000132. The molecule has 17 heteroatoms. The number of alkyl halides is 3. The Morgan fingerprint density at radius 3 is 1.11 bits per heavy atom. The second-order valence-electron chi connectivity index (χ2n) is 27.8. The number of carboxylic acids is 2. The van der Waals surface area contributed by atoms with Crippen LogP contribution in [0, 0.1) is 53.2 Å². The van der Waals surface area contributed by atoms with Crippen molar-refractivity contribution in [1.29, 1.82) is 0 Å². The van der Waals surface area contributed by atoms with Crippen molar-refractivity contribution >= 4 is 50.2 Å². The van der Waals surface area contributed by atoms with Crippen LogP contribution < -0.4 is 28.7 Å². The number of benzene rings is 14. The first kappa shape index (κ1) is 78.2. The first-order chi connectivity index (χ1) is 53.4. The maximum absolute atomic E-state index is 14.7. The molecular weight excluding hydrogens is 1430 g/mol. The number of nitrogens with two attached hydrogens (primary N) is 5. The minimum atomic E-state index is -4.41. The van der Waals surface area contributed by atoms with E-state index in [-0.39, 0.29) is 44.2 Å². The van der Waals surface area contributed by atoms with Crippen LogP contribution in [0.5, 0.6) is 0 Å². The molecule has 0 amide bonds. The molecule has 0 bridgehead atoms. The molecule has 0 heterocycles. The zero-order chi connectivity index (χ0) is 80.1. The molecule has 11 nitrogen and oxygen atoms in total. The van der Waals surface area contributed by atoms with Gasteiger partial charge in [-0.1, -0.05) is 229 Å². The van der Waals surface area contributed by atoms with Gasteiger partial charge in [0.25, 0.3) is 0 Å². The number of sulfone groups is 1. The van der Waals surface area contributed by atoms with Gasteiger partial charge in [-0.05, 0) is 239 Å². The predicted octanol–water partition coefficient (Wildman–Crippen LogP) is 21.8. The monoisotopic (exact) mass is 1510 g/mol. The van der Waals surface area contributed by atoms with Crippen molar-refractivity contribution in [2.24, 2.45) is 0 Å². The number of aromatic carboxylic acids is 2. The highest BCUT2D eigenvalue weighted by Crippen LogP contribution is 2.58. The van der Waals surface area contributed by atoms with Crippen molar-refractivity contribution in [2.45, 2.75) is 68.3 Å². The van der Waals surface area contributed by atoms with Crippen molar-refractivity contribution in [3.63, 3.8) is 0 Å². The Hall–Kier alpha value is -13.4. The van der Waals surface area contributed by atoms with Crippen LogP contribution in [0.25, 0.3) is 44.5 Å². The standard InChI is InChI=1S/C26H19F2N.C26H21N.C15H14F3N.C15H13NO4.C13H13NO2S/c1-16-10-11-17(14-23(16)27)26(18-12-13-25(29)24(28)15-18)21-8-4-2-6-19(21)20-7-3-5-9-22(20)26;1-18-10-12-19(13-11-18)26(20-14-16-21(27)17-15-20)24-8-4-2-6-22(24)23-7-3-5-9-25(23)26;1-9-3-5-12(10(2)7-9)13-6-4-11(19)8-14(13)15(16,17)18;1-8-2-4-10(12(6-8)14(17)18)11-5-3-9(16)7-13(11)15(19)20;1-10-2-6-12(7-3-10)17(15,16)13-8-4-11(14)5-9-13/h2-15H,29H2,1H3;2-17H,27H2,1H3;3-8H,19H2,1-2H3;2-7H,16H2,1H3,(H,17,18)(H,19,20);2-9H,14H2,1H3. The van der Waals surface area contributed by atoms with E-state index in [1.54, 1.807) is 106 Å². The lowest BCUT2D eigenvalue weighted by molar-refractivity contribution is -0.137. The molecule has 14 aromatic carbocycles. The van der Waals surface area contributed by atoms with Crippen LogP contribution in [0.4, 0.5) is 50.4 Å². The first-order valence-electron chi connectivity index (χ1n) is 35.8. The number of carboxylic acid groups (broad SMARTS) is 2. The number of rotatable bonds is 10. The molecule has 14 aromatic rings. The van der Waals surface area contributed by atoms with E-state index < -0.39 is 44.7 Å². The van der Waals surface area contributed by atoms with Crippen LogP contribution in [0.2, 0.25) is 0 Å². The van der Waals surface area contributed by atoms with E-state index in [9.17, 15) is 50.2 Å². The fraction of sp³-hybridized carbons (Fsp3) is 0.0947. The van der Waals surface area contributed by atoms with Gasteiger partial charge in [0.1, 0.15) is 11.6 Å². The minimum absolute atomic E-state index is 0.0173. The number of nitrogen functional groups attached to an aromatic ring is 5. The van der Waals surface area contributed by atoms with Crippen molar-refractivity contribution < 1.29 is 50.2 Å². The lowest BCUT2D eigenvalue weighted by Gasteiger charge is -2.34. The summed E-state index contributed by atoms with van der Waals surface area (Å²) in [5.41, 5.74) is 48.9. The minimum Gasteiger partial charge on any atom is -0.478 e. The molecule has 0 spiro atoms. The Labute approximate surface area is 647 Å². The van der Waals surface area contributed by atoms with E-state index in [1.807, 2.05) is 80.6 Å². The Morgan fingerprint density at radius 2 is 0.661 bits per heavy atom. The molecule has 12 N–H and O–H groups in total. The van der Waals surface area contributed by atoms with Crippen LogP contribution in [-0.2, 0) is 26.8 Å². The summed E-state index contributed by atoms with van der Waals surface area (Å²) in [4.78, 5) is 23.2. The summed E-state index contributed by atoms with van der Waals surface area (Å²) in [7, 11) is -3.43. The van der Waals surface area contributed by atoms with Gasteiger partial charge in [-0.25, -0.2) is 26.8 Å². The molecule has 0 radical (unpaired) electrons. The highest BCUT2D eigenvalue weighted by Gasteiger charge is 2.48. The highest BCUT2D eigenvalue weighted by molar-refractivity contribution is 7.91. The molecule has 0 aromatic heterocycles. The molecule has 0 atom stereocenters. The molecule has 0 fully saturated rings. The Kier molecular flexibility index (Phi) is 22.4. The third-order valence-electron chi connectivity index (χ3n) is 20.3. The molecule has 0 aliphatic heterocycles. The lowest BCUT2D eigenvalue weighted by atomic mass is 9.67. The summed E-state index contributed by atoms with van der Waals surface area (Å²) in [6.07, 6.45) is -4.41. The third-order valence-corrected chi connectivity index (χ3v) is 22.1. The highest BCUT2D eigenvalue weighted by atomic mass is 32.2. The van der Waals surface area contributed by atoms with E-state index in [1.165, 1.54) is 87.5 Å². The average molecular weight is 1510 g/mol. The predicted molar refractivity (Wildman–Crippen MR) is 439 cm³/mol. The molecule has 112 heavy (non-hydrogen) atoms. The van der Waals surface area contributed by atoms with Gasteiger partial charge in [0.05, 0.1) is 43.0 Å². The number of fused-ring (bicyclic) bond motifs is 6. The number of halogens is 5. The zero-order valence-electron chi connectivity index (χ0n) is 62.1. The second-order valence-corrected chi connectivity index (χ2v) is 29.8. The van der Waals surface area contributed by atoms with Crippen molar-refractivity contribution in [2.75, 3.05) is 28.7 Å². The van der Waals surface area contributed by atoms with Crippen molar-refractivity contribution in [3.8, 4) is 44.5 Å². The molecule has 16 rings (SSSR count). The maximum atomic E-state index is 14.7. The summed E-state index contributed by atoms with van der Waals surface area (Å²) in [5, 5.41) is 18.5. The topological polar surface area (TPSA) is 239 Å². The Morgan fingerprint density at radius 1 is 0.321 bits per heavy atom. The fourth-order valence-electron chi connectivity index (χ4n) is 14.9. The van der Waals surface area contributed by atoms with E-state index in [0.717, 1.165) is 67.4 Å². The summed E-state index contributed by atoms with van der Waals surface area (Å²) < 4.78 is 93.0. The number of anilines is 5. The second kappa shape index (κ2) is 32.1. The summed E-state index contributed by atoms with van der Waals surface area (Å²) >= 11 is 0. The van der Waals surface area contributed by atoms with Crippen LogP contribution in [-0.4, -0.2) is 30.6 Å². The SMILES string of the molecule is Cc1ccc(-c2ccc(N)cc2C(=O)O)c(C(=O)O)c1.Cc1ccc(-c2ccc(N)cc2C(F)(F)F)c(C)c1.Cc1ccc(C2(c3ccc(N)c(F)c3)c3ccccc3-c3ccccc32)cc1F.Cc1ccc(C2(c3ccc(N)cc3)c3ccccc3-c3ccccc32)cc1.Cc1ccc(S(=O)(=O)c2ccc(N)cc2)cc1. The maximum Gasteiger partial charge on any atom is 0.417 e. The van der Waals surface area contributed by atoms with Gasteiger partial charge in [0.15, 0.2) is 0 Å². The van der Waals surface area contributed by atoms with Crippen LogP contribution >= 0.6 is 0 Å². The smallest absolute Gasteiger partial charge is 0.417 e. The van der Waals surface area contributed by atoms with E-state index in [4.69, 9.17) is 28.7 Å². The van der Waals surface area contributed by atoms with E-state index >= 15 is 0 Å². The van der Waals surface area contributed by atoms with Gasteiger partial charge >= 0.3 is 18.1 Å². The van der Waals surface area contributed by atoms with E-state index in [2.05, 4.69) is 104 Å². The normalized spacial score (nSPS) is 12.4. The molecular formula is C95H80F5N5O6S. The third kappa shape index (κ3) is 15.5. The van der Waals surface area contributed by atoms with Crippen molar-refractivity contribution in [3.05, 3.63) is 410 Å². The largest absolute Gasteiger partial charge is 0.478 e. The molecule has 2 aliphatic rings. The average Bonchev–Trinajstić information content (AvgIpc) is 1.54. The van der Waals surface area contributed by atoms with Gasteiger partial charge in [0, 0.05) is 22.7 Å². The zero-order valence-corrected chi connectivity index (χ0v) is 62.9. The Bertz CT molecular complexity index is 5710. The van der Waals surface area contributed by atoms with Gasteiger partial charge < -0.3 is 38.9 Å². The molecule has 562 valence electrons. The van der Waals surface area contributed by atoms with Crippen LogP contribution in [0.15, 0.2) is 313 Å². The molecule has 0 unspecified atom stereocenters. The summed E-state index contributed by atoms with van der Waals surface area (Å²) in [6, 6.07) is 92.7. The summed E-state index contributed by atoms with van der Waals surface area (Å²) in [5.74, 6) is -3.00. The van der Waals surface area contributed by atoms with Crippen LogP contribution in [0.3, 0.4) is 0 Å². The van der Waals surface area contributed by atoms with Gasteiger partial charge in [0.2, 0.25) is 9.84 Å². The van der Waals surface area contributed by atoms with Gasteiger partial charge in [-0.3, -0.25) is 0 Å². The number of aryl methyl sites for hydroxylation is 6.